The van der Waals surface area contributed by atoms with Crippen LogP contribution >= 0.6 is 0 Å². The Morgan fingerprint density at radius 3 is 2.56 bits per heavy atom. The summed E-state index contributed by atoms with van der Waals surface area (Å²) in [6.45, 7) is 6.83. The molecule has 0 unspecified atom stereocenters. The third kappa shape index (κ3) is 5.25. The van der Waals surface area contributed by atoms with E-state index >= 15 is 0 Å². The Hall–Kier alpha value is -2.50. The predicted octanol–water partition coefficient (Wildman–Crippen LogP) is 4.35. The molecular formula is C22H27FN4. The maximum atomic E-state index is 13.1. The number of nitrogens with zero attached hydrogens (tertiary/aromatic N) is 2. The average molecular weight is 366 g/mol. The quantitative estimate of drug-likeness (QED) is 0.623. The first-order chi connectivity index (χ1) is 13.0. The molecule has 0 bridgehead atoms. The third-order valence-corrected chi connectivity index (χ3v) is 4.80. The smallest absolute Gasteiger partial charge is 0.123 e. The summed E-state index contributed by atoms with van der Waals surface area (Å²) in [5.74, 6) is -0.235. The number of halogens is 1. The summed E-state index contributed by atoms with van der Waals surface area (Å²) < 4.78 is 13.1. The summed E-state index contributed by atoms with van der Waals surface area (Å²) in [4.78, 5) is 2.33. The fourth-order valence-corrected chi connectivity index (χ4v) is 2.96. The van der Waals surface area contributed by atoms with Gasteiger partial charge in [-0.25, -0.2) is 4.39 Å². The third-order valence-electron chi connectivity index (χ3n) is 4.80. The van der Waals surface area contributed by atoms with Crippen molar-refractivity contribution in [3.8, 4) is 11.3 Å². The first-order valence-electron chi connectivity index (χ1n) is 9.30. The van der Waals surface area contributed by atoms with Crippen LogP contribution in [0.2, 0.25) is 0 Å². The van der Waals surface area contributed by atoms with Crippen LogP contribution in [-0.4, -0.2) is 28.2 Å². The van der Waals surface area contributed by atoms with Crippen LogP contribution in [0.15, 0.2) is 54.7 Å². The molecule has 0 saturated heterocycles. The van der Waals surface area contributed by atoms with E-state index in [1.54, 1.807) is 12.1 Å². The maximum Gasteiger partial charge on any atom is 0.123 e. The van der Waals surface area contributed by atoms with Gasteiger partial charge in [-0.3, -0.25) is 10.00 Å². The fraction of sp³-hybridized carbons (Fsp3) is 0.318. The lowest BCUT2D eigenvalue weighted by atomic mass is 10.1. The summed E-state index contributed by atoms with van der Waals surface area (Å²) in [6, 6.07) is 15.7. The monoisotopic (exact) mass is 366 g/mol. The van der Waals surface area contributed by atoms with Crippen molar-refractivity contribution in [2.24, 2.45) is 0 Å². The van der Waals surface area contributed by atoms with Gasteiger partial charge in [-0.05, 0) is 56.3 Å². The van der Waals surface area contributed by atoms with Crippen LogP contribution in [0.25, 0.3) is 11.3 Å². The Balaban J connectivity index is 1.59. The van der Waals surface area contributed by atoms with Gasteiger partial charge in [-0.2, -0.15) is 5.10 Å². The summed E-state index contributed by atoms with van der Waals surface area (Å²) in [6.07, 6.45) is 1.82. The molecule has 1 aromatic heterocycles. The van der Waals surface area contributed by atoms with Crippen LogP contribution in [-0.2, 0) is 19.6 Å². The second kappa shape index (κ2) is 8.93. The van der Waals surface area contributed by atoms with Crippen molar-refractivity contribution in [1.29, 1.82) is 0 Å². The Morgan fingerprint density at radius 2 is 1.81 bits per heavy atom. The van der Waals surface area contributed by atoms with Gasteiger partial charge in [0.1, 0.15) is 5.82 Å². The van der Waals surface area contributed by atoms with Crippen LogP contribution in [0.1, 0.15) is 30.5 Å². The molecule has 2 aromatic carbocycles. The van der Waals surface area contributed by atoms with Crippen molar-refractivity contribution in [3.05, 3.63) is 77.2 Å². The highest BCUT2D eigenvalue weighted by Crippen LogP contribution is 2.21. The van der Waals surface area contributed by atoms with Crippen molar-refractivity contribution >= 4 is 0 Å². The SMILES string of the molecule is CC(C)N(C)Cc1cccc(CNCc2cn[nH]c2-c2ccc(F)cc2)c1. The van der Waals surface area contributed by atoms with Gasteiger partial charge in [0.2, 0.25) is 0 Å². The van der Waals surface area contributed by atoms with Gasteiger partial charge < -0.3 is 5.32 Å². The normalized spacial score (nSPS) is 11.5. The van der Waals surface area contributed by atoms with Gasteiger partial charge in [0.15, 0.2) is 0 Å². The molecular weight excluding hydrogens is 339 g/mol. The first kappa shape index (κ1) is 19.3. The standard InChI is InChI=1S/C22H27FN4/c1-16(2)27(3)15-18-6-4-5-17(11-18)12-24-13-20-14-25-26-22(20)19-7-9-21(23)10-8-19/h4-11,14,16,24H,12-13,15H2,1-3H3,(H,25,26). The molecule has 142 valence electrons. The highest BCUT2D eigenvalue weighted by molar-refractivity contribution is 5.62. The molecule has 4 nitrogen and oxygen atoms in total. The summed E-state index contributed by atoms with van der Waals surface area (Å²) >= 11 is 0. The molecule has 27 heavy (non-hydrogen) atoms. The van der Waals surface area contributed by atoms with Crippen molar-refractivity contribution < 1.29 is 4.39 Å². The molecule has 0 spiro atoms. The van der Waals surface area contributed by atoms with Crippen LogP contribution < -0.4 is 5.32 Å². The molecule has 3 rings (SSSR count). The Labute approximate surface area is 160 Å². The van der Waals surface area contributed by atoms with Crippen molar-refractivity contribution in [1.82, 2.24) is 20.4 Å². The first-order valence-corrected chi connectivity index (χ1v) is 9.30. The number of nitrogens with one attached hydrogen (secondary N) is 2. The van der Waals surface area contributed by atoms with Crippen LogP contribution in [0.5, 0.6) is 0 Å². The molecule has 0 radical (unpaired) electrons. The van der Waals surface area contributed by atoms with Crippen LogP contribution in [0.3, 0.4) is 0 Å². The van der Waals surface area contributed by atoms with Gasteiger partial charge in [0, 0.05) is 36.8 Å². The van der Waals surface area contributed by atoms with Crippen molar-refractivity contribution in [2.75, 3.05) is 7.05 Å². The highest BCUT2D eigenvalue weighted by atomic mass is 19.1. The van der Waals surface area contributed by atoms with E-state index < -0.39 is 0 Å². The molecule has 0 aliphatic carbocycles. The zero-order valence-electron chi connectivity index (χ0n) is 16.2. The molecule has 1 heterocycles. The average Bonchev–Trinajstić information content (AvgIpc) is 3.11. The topological polar surface area (TPSA) is 44.0 Å². The number of H-pyrrole nitrogens is 1. The molecule has 2 N–H and O–H groups in total. The largest absolute Gasteiger partial charge is 0.308 e. The van der Waals surface area contributed by atoms with Gasteiger partial charge in [0.05, 0.1) is 11.9 Å². The Kier molecular flexibility index (Phi) is 6.37. The zero-order chi connectivity index (χ0) is 19.2. The molecule has 0 fully saturated rings. The fourth-order valence-electron chi connectivity index (χ4n) is 2.96. The molecule has 0 saturated carbocycles. The predicted molar refractivity (Wildman–Crippen MR) is 108 cm³/mol. The van der Waals surface area contributed by atoms with E-state index in [1.807, 2.05) is 6.20 Å². The lowest BCUT2D eigenvalue weighted by molar-refractivity contribution is 0.266. The van der Waals surface area contributed by atoms with E-state index in [9.17, 15) is 4.39 Å². The number of benzene rings is 2. The van der Waals surface area contributed by atoms with E-state index in [1.165, 1.54) is 23.3 Å². The van der Waals surface area contributed by atoms with Gasteiger partial charge >= 0.3 is 0 Å². The zero-order valence-corrected chi connectivity index (χ0v) is 16.2. The highest BCUT2D eigenvalue weighted by Gasteiger charge is 2.08. The summed E-state index contributed by atoms with van der Waals surface area (Å²) in [7, 11) is 2.14. The molecule has 5 heteroatoms. The molecule has 0 amide bonds. The number of rotatable bonds is 8. The van der Waals surface area contributed by atoms with Gasteiger partial charge in [-0.1, -0.05) is 24.3 Å². The minimum Gasteiger partial charge on any atom is -0.308 e. The van der Waals surface area contributed by atoms with Crippen LogP contribution in [0, 0.1) is 5.82 Å². The minimum absolute atomic E-state index is 0.235. The van der Waals surface area contributed by atoms with E-state index in [0.29, 0.717) is 12.6 Å². The van der Waals surface area contributed by atoms with Crippen LogP contribution in [0.4, 0.5) is 4.39 Å². The second-order valence-corrected chi connectivity index (χ2v) is 7.21. The molecule has 0 aliphatic heterocycles. The molecule has 0 atom stereocenters. The number of hydrogen-bond donors (Lipinski definition) is 2. The van der Waals surface area contributed by atoms with Crippen molar-refractivity contribution in [2.45, 2.75) is 39.5 Å². The number of aromatic nitrogens is 2. The van der Waals surface area contributed by atoms with E-state index in [2.05, 4.69) is 65.6 Å². The second-order valence-electron chi connectivity index (χ2n) is 7.21. The lowest BCUT2D eigenvalue weighted by Gasteiger charge is -2.21. The van der Waals surface area contributed by atoms with Gasteiger partial charge in [0.25, 0.3) is 0 Å². The lowest BCUT2D eigenvalue weighted by Crippen LogP contribution is -2.25. The van der Waals surface area contributed by atoms with E-state index in [0.717, 1.165) is 29.9 Å². The minimum atomic E-state index is -0.235. The maximum absolute atomic E-state index is 13.1. The summed E-state index contributed by atoms with van der Waals surface area (Å²) in [5, 5.41) is 10.6. The number of aromatic amines is 1. The van der Waals surface area contributed by atoms with E-state index in [4.69, 9.17) is 0 Å². The Morgan fingerprint density at radius 1 is 1.07 bits per heavy atom. The van der Waals surface area contributed by atoms with Gasteiger partial charge in [-0.15, -0.1) is 0 Å². The van der Waals surface area contributed by atoms with E-state index in [-0.39, 0.29) is 5.82 Å². The summed E-state index contributed by atoms with van der Waals surface area (Å²) in [5.41, 5.74) is 5.51. The molecule has 0 aliphatic rings. The Bertz CT molecular complexity index is 855. The van der Waals surface area contributed by atoms with Crippen molar-refractivity contribution in [3.63, 3.8) is 0 Å². The molecule has 3 aromatic rings. The number of hydrogen-bond acceptors (Lipinski definition) is 3.